The molecule has 1 aliphatic carbocycles. The monoisotopic (exact) mass is 387 g/mol. The average molecular weight is 388 g/mol. The molecule has 1 aromatic rings. The fraction of sp³-hybridized carbons (Fsp3) is 0.739. The van der Waals surface area contributed by atoms with E-state index in [1.54, 1.807) is 0 Å². The molecule has 3 rings (SSSR count). The highest BCUT2D eigenvalue weighted by molar-refractivity contribution is 5.88. The standard InChI is InChI=1S/C23H37N3O2/c1-5-16-25-17-9-8-14-20(25)19-13-10-15-24-21(19)26(18-11-6-7-12-18)22(27)28-23(2,3)4/h10,13,15,18,20H,5-9,11-12,14,16-17H2,1-4H3/t20-/m1/s1. The lowest BCUT2D eigenvalue weighted by atomic mass is 9.94. The molecule has 2 heterocycles. The Labute approximate surface area is 170 Å². The summed E-state index contributed by atoms with van der Waals surface area (Å²) in [6.07, 6.45) is 10.7. The molecule has 0 bridgehead atoms. The van der Waals surface area contributed by atoms with E-state index in [1.165, 1.54) is 18.4 Å². The summed E-state index contributed by atoms with van der Waals surface area (Å²) >= 11 is 0. The summed E-state index contributed by atoms with van der Waals surface area (Å²) in [6.45, 7) is 10.3. The number of nitrogens with zero attached hydrogens (tertiary/aromatic N) is 3. The van der Waals surface area contributed by atoms with Crippen molar-refractivity contribution >= 4 is 11.9 Å². The van der Waals surface area contributed by atoms with Gasteiger partial charge in [-0.2, -0.15) is 0 Å². The molecule has 1 aliphatic heterocycles. The van der Waals surface area contributed by atoms with Crippen molar-refractivity contribution in [3.05, 3.63) is 23.9 Å². The molecule has 5 nitrogen and oxygen atoms in total. The second-order valence-corrected chi connectivity index (χ2v) is 9.25. The van der Waals surface area contributed by atoms with Gasteiger partial charge in [-0.15, -0.1) is 0 Å². The average Bonchev–Trinajstić information content (AvgIpc) is 3.16. The van der Waals surface area contributed by atoms with Gasteiger partial charge in [-0.25, -0.2) is 9.78 Å². The summed E-state index contributed by atoms with van der Waals surface area (Å²) in [5.74, 6) is 0.816. The van der Waals surface area contributed by atoms with Gasteiger partial charge in [-0.3, -0.25) is 9.80 Å². The molecule has 5 heteroatoms. The molecule has 1 aromatic heterocycles. The van der Waals surface area contributed by atoms with E-state index in [0.717, 1.165) is 57.4 Å². The van der Waals surface area contributed by atoms with E-state index in [2.05, 4.69) is 17.9 Å². The van der Waals surface area contributed by atoms with Gasteiger partial charge in [0.25, 0.3) is 0 Å². The van der Waals surface area contributed by atoms with Crippen LogP contribution in [0.5, 0.6) is 0 Å². The predicted octanol–water partition coefficient (Wildman–Crippen LogP) is 5.70. The van der Waals surface area contributed by atoms with E-state index in [9.17, 15) is 4.79 Å². The number of aromatic nitrogens is 1. The van der Waals surface area contributed by atoms with Crippen LogP contribution in [0.4, 0.5) is 10.6 Å². The zero-order chi connectivity index (χ0) is 20.1. The summed E-state index contributed by atoms with van der Waals surface area (Å²) in [4.78, 5) is 22.4. The molecular formula is C23H37N3O2. The molecule has 0 spiro atoms. The van der Waals surface area contributed by atoms with Crippen molar-refractivity contribution in [2.45, 2.75) is 96.7 Å². The first-order valence-electron chi connectivity index (χ1n) is 11.1. The van der Waals surface area contributed by atoms with Crippen molar-refractivity contribution in [2.75, 3.05) is 18.0 Å². The van der Waals surface area contributed by atoms with Crippen molar-refractivity contribution in [2.24, 2.45) is 0 Å². The molecule has 1 saturated heterocycles. The maximum atomic E-state index is 13.2. The normalized spacial score (nSPS) is 21.6. The third-order valence-corrected chi connectivity index (χ3v) is 5.81. The second kappa shape index (κ2) is 9.25. The first kappa shape index (κ1) is 21.1. The molecule has 1 atom stereocenters. The first-order valence-corrected chi connectivity index (χ1v) is 11.1. The summed E-state index contributed by atoms with van der Waals surface area (Å²) in [5, 5.41) is 0. The van der Waals surface area contributed by atoms with Crippen LogP contribution in [0.25, 0.3) is 0 Å². The smallest absolute Gasteiger partial charge is 0.416 e. The Morgan fingerprint density at radius 2 is 1.93 bits per heavy atom. The Hall–Kier alpha value is -1.62. The van der Waals surface area contributed by atoms with Crippen molar-refractivity contribution in [1.82, 2.24) is 9.88 Å². The van der Waals surface area contributed by atoms with Gasteiger partial charge in [0.15, 0.2) is 0 Å². The maximum absolute atomic E-state index is 13.2. The zero-order valence-corrected chi connectivity index (χ0v) is 18.1. The van der Waals surface area contributed by atoms with Crippen LogP contribution in [0.15, 0.2) is 18.3 Å². The fourth-order valence-electron chi connectivity index (χ4n) is 4.65. The van der Waals surface area contributed by atoms with Gasteiger partial charge < -0.3 is 4.74 Å². The van der Waals surface area contributed by atoms with Gasteiger partial charge in [-0.1, -0.05) is 32.3 Å². The molecule has 0 unspecified atom stereocenters. The van der Waals surface area contributed by atoms with Crippen LogP contribution >= 0.6 is 0 Å². The number of carbonyl (C=O) groups is 1. The molecule has 2 aliphatic rings. The largest absolute Gasteiger partial charge is 0.443 e. The Bertz CT molecular complexity index is 647. The molecule has 0 N–H and O–H groups in total. The maximum Gasteiger partial charge on any atom is 0.416 e. The van der Waals surface area contributed by atoms with Crippen LogP contribution in [0.3, 0.4) is 0 Å². The molecule has 1 saturated carbocycles. The number of hydrogen-bond donors (Lipinski definition) is 0. The Kier molecular flexibility index (Phi) is 6.97. The van der Waals surface area contributed by atoms with Crippen LogP contribution in [0.2, 0.25) is 0 Å². The van der Waals surface area contributed by atoms with Crippen molar-refractivity contribution in [1.29, 1.82) is 0 Å². The SMILES string of the molecule is CCCN1CCCC[C@@H]1c1cccnc1N(C(=O)OC(C)(C)C)C1CCCC1. The van der Waals surface area contributed by atoms with Crippen LogP contribution in [0, 0.1) is 0 Å². The second-order valence-electron chi connectivity index (χ2n) is 9.25. The van der Waals surface area contributed by atoms with E-state index in [1.807, 2.05) is 37.9 Å². The Morgan fingerprint density at radius 1 is 1.21 bits per heavy atom. The molecule has 28 heavy (non-hydrogen) atoms. The topological polar surface area (TPSA) is 45.7 Å². The third-order valence-electron chi connectivity index (χ3n) is 5.81. The highest BCUT2D eigenvalue weighted by atomic mass is 16.6. The van der Waals surface area contributed by atoms with Gasteiger partial charge in [0.2, 0.25) is 0 Å². The number of anilines is 1. The highest BCUT2D eigenvalue weighted by Crippen LogP contribution is 2.38. The number of likely N-dealkylation sites (tertiary alicyclic amines) is 1. The van der Waals surface area contributed by atoms with Crippen LogP contribution in [-0.2, 0) is 4.74 Å². The van der Waals surface area contributed by atoms with Crippen LogP contribution < -0.4 is 4.90 Å². The lowest BCUT2D eigenvalue weighted by Gasteiger charge is -2.38. The van der Waals surface area contributed by atoms with E-state index >= 15 is 0 Å². The fourth-order valence-corrected chi connectivity index (χ4v) is 4.65. The zero-order valence-electron chi connectivity index (χ0n) is 18.1. The van der Waals surface area contributed by atoms with E-state index in [4.69, 9.17) is 9.72 Å². The minimum atomic E-state index is -0.512. The lowest BCUT2D eigenvalue weighted by molar-refractivity contribution is 0.0563. The van der Waals surface area contributed by atoms with Crippen molar-refractivity contribution < 1.29 is 9.53 Å². The van der Waals surface area contributed by atoms with E-state index in [-0.39, 0.29) is 12.1 Å². The first-order chi connectivity index (χ1) is 13.4. The summed E-state index contributed by atoms with van der Waals surface area (Å²) in [6, 6.07) is 4.71. The van der Waals surface area contributed by atoms with Gasteiger partial charge in [0, 0.05) is 23.8 Å². The van der Waals surface area contributed by atoms with Gasteiger partial charge in [0.1, 0.15) is 11.4 Å². The number of hydrogen-bond acceptors (Lipinski definition) is 4. The number of ether oxygens (including phenoxy) is 1. The molecular weight excluding hydrogens is 350 g/mol. The van der Waals surface area contributed by atoms with Gasteiger partial charge in [0.05, 0.1) is 0 Å². The van der Waals surface area contributed by atoms with Crippen molar-refractivity contribution in [3.63, 3.8) is 0 Å². The third kappa shape index (κ3) is 5.05. The quantitative estimate of drug-likeness (QED) is 0.650. The Morgan fingerprint density at radius 3 is 2.61 bits per heavy atom. The summed E-state index contributed by atoms with van der Waals surface area (Å²) in [7, 11) is 0. The Balaban J connectivity index is 1.97. The number of amides is 1. The number of rotatable bonds is 5. The molecule has 156 valence electrons. The van der Waals surface area contributed by atoms with Crippen LogP contribution in [-0.4, -0.2) is 40.7 Å². The molecule has 0 aromatic carbocycles. The van der Waals surface area contributed by atoms with E-state index in [0.29, 0.717) is 6.04 Å². The van der Waals surface area contributed by atoms with Crippen molar-refractivity contribution in [3.8, 4) is 0 Å². The van der Waals surface area contributed by atoms with Gasteiger partial charge >= 0.3 is 6.09 Å². The summed E-state index contributed by atoms with van der Waals surface area (Å²) < 4.78 is 5.82. The van der Waals surface area contributed by atoms with Gasteiger partial charge in [-0.05, 0) is 72.0 Å². The minimum absolute atomic E-state index is 0.187. The lowest BCUT2D eigenvalue weighted by Crippen LogP contribution is -2.44. The molecule has 1 amide bonds. The summed E-state index contributed by atoms with van der Waals surface area (Å²) in [5.41, 5.74) is 0.676. The number of carbonyl (C=O) groups excluding carboxylic acids is 1. The van der Waals surface area contributed by atoms with Crippen LogP contribution in [0.1, 0.15) is 90.7 Å². The highest BCUT2D eigenvalue weighted by Gasteiger charge is 2.36. The molecule has 0 radical (unpaired) electrons. The molecule has 2 fully saturated rings. The van der Waals surface area contributed by atoms with E-state index < -0.39 is 5.60 Å². The number of pyridine rings is 1. The minimum Gasteiger partial charge on any atom is -0.443 e. The number of piperidine rings is 1. The predicted molar refractivity (Wildman–Crippen MR) is 114 cm³/mol.